The molecule has 0 bridgehead atoms. The summed E-state index contributed by atoms with van der Waals surface area (Å²) in [5, 5.41) is 9.22. The molecule has 2 N–H and O–H groups in total. The van der Waals surface area contributed by atoms with Crippen LogP contribution in [0.5, 0.6) is 0 Å². The van der Waals surface area contributed by atoms with Gasteiger partial charge in [0.2, 0.25) is 0 Å². The first-order chi connectivity index (χ1) is 10.2. The molecule has 0 atom stereocenters. The zero-order chi connectivity index (χ0) is 14.8. The minimum Gasteiger partial charge on any atom is -0.330 e. The Bertz CT molecular complexity index is 739. The molecule has 0 aliphatic carbocycles. The highest BCUT2D eigenvalue weighted by Crippen LogP contribution is 2.22. The van der Waals surface area contributed by atoms with Crippen molar-refractivity contribution in [2.45, 2.75) is 20.3 Å². The summed E-state index contributed by atoms with van der Waals surface area (Å²) in [6.07, 6.45) is 2.75. The molecule has 1 aromatic carbocycles. The Morgan fingerprint density at radius 3 is 2.43 bits per heavy atom. The predicted octanol–water partition coefficient (Wildman–Crippen LogP) is 2.18. The standard InChI is InChI=1S/C16H19N5/c1-12-9-11-20(18-12)16-15(8-10-17)13(2)19-21(16)14-6-4-3-5-7-14/h3-7,9,11H,8,10,17H2,1-2H3. The zero-order valence-electron chi connectivity index (χ0n) is 12.3. The fourth-order valence-corrected chi connectivity index (χ4v) is 2.50. The number of aryl methyl sites for hydroxylation is 2. The number of nitrogens with two attached hydrogens (primary N) is 1. The second-order valence-corrected chi connectivity index (χ2v) is 5.08. The lowest BCUT2D eigenvalue weighted by molar-refractivity contribution is 0.749. The van der Waals surface area contributed by atoms with Crippen molar-refractivity contribution < 1.29 is 0 Å². The Morgan fingerprint density at radius 2 is 1.81 bits per heavy atom. The summed E-state index contributed by atoms with van der Waals surface area (Å²) in [6, 6.07) is 12.1. The first kappa shape index (κ1) is 13.6. The molecule has 2 aromatic heterocycles. The molecule has 3 aromatic rings. The van der Waals surface area contributed by atoms with E-state index in [9.17, 15) is 0 Å². The maximum absolute atomic E-state index is 5.76. The van der Waals surface area contributed by atoms with Crippen LogP contribution in [0.3, 0.4) is 0 Å². The molecule has 0 saturated heterocycles. The van der Waals surface area contributed by atoms with Crippen molar-refractivity contribution >= 4 is 0 Å². The number of benzene rings is 1. The van der Waals surface area contributed by atoms with Gasteiger partial charge in [0.05, 0.1) is 17.1 Å². The summed E-state index contributed by atoms with van der Waals surface area (Å²) in [4.78, 5) is 0. The van der Waals surface area contributed by atoms with Crippen LogP contribution in [0.1, 0.15) is 17.0 Å². The number of hydrogen-bond donors (Lipinski definition) is 1. The van der Waals surface area contributed by atoms with Gasteiger partial charge in [-0.1, -0.05) is 18.2 Å². The zero-order valence-corrected chi connectivity index (χ0v) is 12.3. The lowest BCUT2D eigenvalue weighted by Gasteiger charge is -2.09. The number of aromatic nitrogens is 4. The van der Waals surface area contributed by atoms with Gasteiger partial charge < -0.3 is 5.73 Å². The first-order valence-electron chi connectivity index (χ1n) is 7.07. The van der Waals surface area contributed by atoms with E-state index in [1.54, 1.807) is 0 Å². The van der Waals surface area contributed by atoms with E-state index in [1.165, 1.54) is 0 Å². The number of hydrogen-bond acceptors (Lipinski definition) is 3. The van der Waals surface area contributed by atoms with Crippen LogP contribution in [0.4, 0.5) is 0 Å². The van der Waals surface area contributed by atoms with E-state index in [1.807, 2.05) is 65.8 Å². The van der Waals surface area contributed by atoms with Gasteiger partial charge in [-0.15, -0.1) is 0 Å². The summed E-state index contributed by atoms with van der Waals surface area (Å²) in [7, 11) is 0. The molecule has 3 rings (SSSR count). The normalized spacial score (nSPS) is 11.0. The van der Waals surface area contributed by atoms with Crippen molar-refractivity contribution in [3.8, 4) is 11.5 Å². The predicted molar refractivity (Wildman–Crippen MR) is 82.9 cm³/mol. The lowest BCUT2D eigenvalue weighted by Crippen LogP contribution is -2.10. The van der Waals surface area contributed by atoms with Crippen LogP contribution in [0.15, 0.2) is 42.6 Å². The molecule has 0 fully saturated rings. The number of nitrogens with zero attached hydrogens (tertiary/aromatic N) is 4. The minimum absolute atomic E-state index is 0.592. The summed E-state index contributed by atoms with van der Waals surface area (Å²) < 4.78 is 3.82. The molecule has 0 spiro atoms. The third-order valence-electron chi connectivity index (χ3n) is 3.49. The van der Waals surface area contributed by atoms with Crippen LogP contribution < -0.4 is 5.73 Å². The molecular weight excluding hydrogens is 262 g/mol. The third kappa shape index (κ3) is 2.48. The lowest BCUT2D eigenvalue weighted by atomic mass is 10.2. The van der Waals surface area contributed by atoms with Crippen LogP contribution in [0, 0.1) is 13.8 Å². The van der Waals surface area contributed by atoms with E-state index in [4.69, 9.17) is 5.73 Å². The van der Waals surface area contributed by atoms with Gasteiger partial charge in [-0.25, -0.2) is 9.36 Å². The largest absolute Gasteiger partial charge is 0.330 e. The monoisotopic (exact) mass is 281 g/mol. The van der Waals surface area contributed by atoms with Gasteiger partial charge in [0.1, 0.15) is 0 Å². The molecule has 2 heterocycles. The van der Waals surface area contributed by atoms with E-state index in [0.717, 1.165) is 34.9 Å². The molecule has 5 nitrogen and oxygen atoms in total. The Kier molecular flexibility index (Phi) is 3.58. The number of para-hydroxylation sites is 1. The van der Waals surface area contributed by atoms with Crippen molar-refractivity contribution in [2.75, 3.05) is 6.54 Å². The fraction of sp³-hybridized carbons (Fsp3) is 0.250. The van der Waals surface area contributed by atoms with E-state index in [-0.39, 0.29) is 0 Å². The smallest absolute Gasteiger partial charge is 0.160 e. The van der Waals surface area contributed by atoms with E-state index in [0.29, 0.717) is 6.54 Å². The summed E-state index contributed by atoms with van der Waals surface area (Å²) in [5.74, 6) is 0.970. The number of rotatable bonds is 4. The van der Waals surface area contributed by atoms with E-state index in [2.05, 4.69) is 10.2 Å². The Labute approximate surface area is 124 Å². The molecule has 0 saturated carbocycles. The molecule has 21 heavy (non-hydrogen) atoms. The van der Waals surface area contributed by atoms with Crippen molar-refractivity contribution in [3.05, 3.63) is 59.5 Å². The second kappa shape index (κ2) is 5.54. The van der Waals surface area contributed by atoms with Crippen LogP contribution >= 0.6 is 0 Å². The van der Waals surface area contributed by atoms with Gasteiger partial charge in [-0.2, -0.15) is 10.2 Å². The molecule has 0 unspecified atom stereocenters. The quantitative estimate of drug-likeness (QED) is 0.797. The average Bonchev–Trinajstić information content (AvgIpc) is 3.05. The third-order valence-corrected chi connectivity index (χ3v) is 3.49. The summed E-state index contributed by atoms with van der Waals surface area (Å²) in [5.41, 5.74) is 9.90. The first-order valence-corrected chi connectivity index (χ1v) is 7.07. The van der Waals surface area contributed by atoms with Gasteiger partial charge in [0.15, 0.2) is 5.82 Å². The van der Waals surface area contributed by atoms with E-state index >= 15 is 0 Å². The van der Waals surface area contributed by atoms with Crippen molar-refractivity contribution in [1.82, 2.24) is 19.6 Å². The maximum Gasteiger partial charge on any atom is 0.160 e. The maximum atomic E-state index is 5.76. The summed E-state index contributed by atoms with van der Waals surface area (Å²) >= 11 is 0. The second-order valence-electron chi connectivity index (χ2n) is 5.08. The Balaban J connectivity index is 2.23. The van der Waals surface area contributed by atoms with Gasteiger partial charge >= 0.3 is 0 Å². The van der Waals surface area contributed by atoms with Gasteiger partial charge in [0.25, 0.3) is 0 Å². The van der Waals surface area contributed by atoms with Crippen LogP contribution in [-0.2, 0) is 6.42 Å². The fourth-order valence-electron chi connectivity index (χ4n) is 2.50. The molecule has 0 aliphatic rings. The highest BCUT2D eigenvalue weighted by atomic mass is 15.4. The molecule has 0 radical (unpaired) electrons. The Hall–Kier alpha value is -2.40. The van der Waals surface area contributed by atoms with Crippen molar-refractivity contribution in [3.63, 3.8) is 0 Å². The highest BCUT2D eigenvalue weighted by Gasteiger charge is 2.18. The summed E-state index contributed by atoms with van der Waals surface area (Å²) in [6.45, 7) is 4.59. The van der Waals surface area contributed by atoms with Crippen LogP contribution in [0.2, 0.25) is 0 Å². The average molecular weight is 281 g/mol. The SMILES string of the molecule is Cc1ccn(-c2c(CCN)c(C)nn2-c2ccccc2)n1. The van der Waals surface area contributed by atoms with Gasteiger partial charge in [0, 0.05) is 11.8 Å². The van der Waals surface area contributed by atoms with Crippen molar-refractivity contribution in [2.24, 2.45) is 5.73 Å². The van der Waals surface area contributed by atoms with Crippen molar-refractivity contribution in [1.29, 1.82) is 0 Å². The minimum atomic E-state index is 0.592. The molecular formula is C16H19N5. The van der Waals surface area contributed by atoms with Crippen LogP contribution in [-0.4, -0.2) is 26.1 Å². The molecule has 0 aliphatic heterocycles. The van der Waals surface area contributed by atoms with Crippen LogP contribution in [0.25, 0.3) is 11.5 Å². The molecule has 108 valence electrons. The van der Waals surface area contributed by atoms with Gasteiger partial charge in [-0.3, -0.25) is 0 Å². The highest BCUT2D eigenvalue weighted by molar-refractivity contribution is 5.45. The Morgan fingerprint density at radius 1 is 1.05 bits per heavy atom. The topological polar surface area (TPSA) is 61.7 Å². The van der Waals surface area contributed by atoms with Gasteiger partial charge in [-0.05, 0) is 45.0 Å². The van der Waals surface area contributed by atoms with E-state index < -0.39 is 0 Å². The molecule has 5 heteroatoms. The molecule has 0 amide bonds.